The first-order valence-electron chi connectivity index (χ1n) is 9.04. The molecule has 0 bridgehead atoms. The Balaban J connectivity index is 1.44. The Morgan fingerprint density at radius 3 is 2.33 bits per heavy atom. The van der Waals surface area contributed by atoms with Crippen LogP contribution in [0.2, 0.25) is 0 Å². The molecular weight excluding hydrogens is 384 g/mol. The van der Waals surface area contributed by atoms with Gasteiger partial charge >= 0.3 is 5.97 Å². The number of hydrogen-bond donors (Lipinski definition) is 0. The standard InChI is InChI=1S/C19H20N2O4S2/c1-12-8-10-20(11-9-12)18-7-4-14(27-18)13-2-3-15(26-13)19(24)25-21-16(22)5-6-17(21)23/h2-4,7,12H,5-6,8-11H2,1H3. The molecular formula is C19H20N2O4S2. The van der Waals surface area contributed by atoms with Crippen molar-refractivity contribution in [1.29, 1.82) is 0 Å². The molecule has 2 aliphatic heterocycles. The Kier molecular flexibility index (Phi) is 5.01. The molecule has 27 heavy (non-hydrogen) atoms. The van der Waals surface area contributed by atoms with E-state index in [1.165, 1.54) is 29.2 Å². The van der Waals surface area contributed by atoms with E-state index in [0.29, 0.717) is 9.94 Å². The second-order valence-corrected chi connectivity index (χ2v) is 9.08. The fraction of sp³-hybridized carbons (Fsp3) is 0.421. The fourth-order valence-corrected chi connectivity index (χ4v) is 5.25. The number of piperidine rings is 1. The van der Waals surface area contributed by atoms with Gasteiger partial charge in [-0.3, -0.25) is 9.59 Å². The largest absolute Gasteiger partial charge is 0.373 e. The third-order valence-corrected chi connectivity index (χ3v) is 7.32. The van der Waals surface area contributed by atoms with Gasteiger partial charge in [-0.1, -0.05) is 6.92 Å². The average Bonchev–Trinajstić information content (AvgIpc) is 3.38. The van der Waals surface area contributed by atoms with E-state index in [1.807, 2.05) is 6.07 Å². The number of hydrogen-bond acceptors (Lipinski definition) is 7. The smallest absolute Gasteiger partial charge is 0.363 e. The lowest BCUT2D eigenvalue weighted by molar-refractivity contribution is -0.172. The maximum Gasteiger partial charge on any atom is 0.373 e. The molecule has 0 spiro atoms. The van der Waals surface area contributed by atoms with Crippen molar-refractivity contribution in [3.8, 4) is 9.75 Å². The molecule has 0 N–H and O–H groups in total. The molecule has 0 unspecified atom stereocenters. The highest BCUT2D eigenvalue weighted by Crippen LogP contribution is 2.38. The molecule has 142 valence electrons. The minimum absolute atomic E-state index is 0.0923. The zero-order valence-electron chi connectivity index (χ0n) is 15.0. The molecule has 0 saturated carbocycles. The van der Waals surface area contributed by atoms with Crippen LogP contribution in [0, 0.1) is 5.92 Å². The van der Waals surface area contributed by atoms with Gasteiger partial charge in [-0.15, -0.1) is 27.7 Å². The predicted molar refractivity (Wildman–Crippen MR) is 105 cm³/mol. The Hall–Kier alpha value is -2.19. The summed E-state index contributed by atoms with van der Waals surface area (Å²) < 4.78 is 0. The predicted octanol–water partition coefficient (Wildman–Crippen LogP) is 3.93. The summed E-state index contributed by atoms with van der Waals surface area (Å²) >= 11 is 3.03. The molecule has 4 heterocycles. The topological polar surface area (TPSA) is 66.9 Å². The number of nitrogens with zero attached hydrogens (tertiary/aromatic N) is 2. The van der Waals surface area contributed by atoms with Crippen LogP contribution in [0.3, 0.4) is 0 Å². The fourth-order valence-electron chi connectivity index (χ4n) is 3.22. The van der Waals surface area contributed by atoms with Crippen molar-refractivity contribution >= 4 is 45.5 Å². The van der Waals surface area contributed by atoms with Crippen molar-refractivity contribution < 1.29 is 19.2 Å². The summed E-state index contributed by atoms with van der Waals surface area (Å²) in [6, 6.07) is 7.76. The third kappa shape index (κ3) is 3.77. The van der Waals surface area contributed by atoms with Crippen molar-refractivity contribution in [2.24, 2.45) is 5.92 Å². The monoisotopic (exact) mass is 404 g/mol. The van der Waals surface area contributed by atoms with Crippen molar-refractivity contribution in [3.63, 3.8) is 0 Å². The van der Waals surface area contributed by atoms with Gasteiger partial charge < -0.3 is 9.74 Å². The molecule has 2 fully saturated rings. The molecule has 0 aliphatic carbocycles. The van der Waals surface area contributed by atoms with Crippen LogP contribution in [-0.4, -0.2) is 35.9 Å². The van der Waals surface area contributed by atoms with Gasteiger partial charge in [0.2, 0.25) is 0 Å². The first kappa shape index (κ1) is 18.2. The first-order valence-corrected chi connectivity index (χ1v) is 10.7. The maximum atomic E-state index is 12.3. The van der Waals surface area contributed by atoms with Gasteiger partial charge in [0, 0.05) is 35.7 Å². The minimum atomic E-state index is -0.670. The molecule has 2 aliphatic rings. The van der Waals surface area contributed by atoms with Gasteiger partial charge in [-0.25, -0.2) is 4.79 Å². The number of carbonyl (C=O) groups is 3. The zero-order chi connectivity index (χ0) is 19.0. The Morgan fingerprint density at radius 2 is 1.63 bits per heavy atom. The molecule has 0 aromatic carbocycles. The molecule has 2 aromatic heterocycles. The van der Waals surface area contributed by atoms with Gasteiger partial charge in [-0.2, -0.15) is 0 Å². The van der Waals surface area contributed by atoms with E-state index in [4.69, 9.17) is 4.84 Å². The number of amides is 2. The van der Waals surface area contributed by atoms with Gasteiger partial charge in [0.05, 0.1) is 5.00 Å². The second kappa shape index (κ2) is 7.44. The summed E-state index contributed by atoms with van der Waals surface area (Å²) in [4.78, 5) is 45.3. The molecule has 2 aromatic rings. The SMILES string of the molecule is CC1CCN(c2ccc(-c3ccc(C(=O)ON4C(=O)CCC4=O)s3)s2)CC1. The van der Waals surface area contributed by atoms with Gasteiger partial charge in [0.25, 0.3) is 11.8 Å². The summed E-state index contributed by atoms with van der Waals surface area (Å²) in [5, 5.41) is 1.84. The van der Waals surface area contributed by atoms with Gasteiger partial charge in [0.15, 0.2) is 0 Å². The molecule has 4 rings (SSSR count). The molecule has 2 amide bonds. The van der Waals surface area contributed by atoms with E-state index in [9.17, 15) is 14.4 Å². The van der Waals surface area contributed by atoms with Crippen molar-refractivity contribution in [3.05, 3.63) is 29.1 Å². The lowest BCUT2D eigenvalue weighted by atomic mass is 10.00. The first-order chi connectivity index (χ1) is 13.0. The molecule has 8 heteroatoms. The molecule has 2 saturated heterocycles. The van der Waals surface area contributed by atoms with Crippen LogP contribution in [0.1, 0.15) is 42.3 Å². The number of carbonyl (C=O) groups excluding carboxylic acids is 3. The van der Waals surface area contributed by atoms with Crippen LogP contribution >= 0.6 is 22.7 Å². The molecule has 0 atom stereocenters. The lowest BCUT2D eigenvalue weighted by Crippen LogP contribution is -2.31. The van der Waals surface area contributed by atoms with Crippen LogP contribution in [0.5, 0.6) is 0 Å². The Morgan fingerprint density at radius 1 is 1.00 bits per heavy atom. The van der Waals surface area contributed by atoms with Crippen molar-refractivity contribution in [2.45, 2.75) is 32.6 Å². The van der Waals surface area contributed by atoms with Crippen LogP contribution in [-0.2, 0) is 14.4 Å². The van der Waals surface area contributed by atoms with Gasteiger partial charge in [0.1, 0.15) is 4.88 Å². The number of thiophene rings is 2. The third-order valence-electron chi connectivity index (χ3n) is 4.92. The number of anilines is 1. The normalized spacial score (nSPS) is 18.4. The van der Waals surface area contributed by atoms with E-state index >= 15 is 0 Å². The lowest BCUT2D eigenvalue weighted by Gasteiger charge is -2.30. The maximum absolute atomic E-state index is 12.3. The summed E-state index contributed by atoms with van der Waals surface area (Å²) in [5.41, 5.74) is 0. The summed E-state index contributed by atoms with van der Waals surface area (Å²) in [7, 11) is 0. The number of imide groups is 1. The van der Waals surface area contributed by atoms with Crippen molar-refractivity contribution in [1.82, 2.24) is 5.06 Å². The van der Waals surface area contributed by atoms with Crippen LogP contribution in [0.4, 0.5) is 5.00 Å². The number of hydroxylamine groups is 2. The number of rotatable bonds is 4. The van der Waals surface area contributed by atoms with E-state index < -0.39 is 17.8 Å². The van der Waals surface area contributed by atoms with Crippen LogP contribution in [0.15, 0.2) is 24.3 Å². The minimum Gasteiger partial charge on any atom is -0.363 e. The molecule has 6 nitrogen and oxygen atoms in total. The summed E-state index contributed by atoms with van der Waals surface area (Å²) in [6.07, 6.45) is 2.62. The van der Waals surface area contributed by atoms with E-state index in [-0.39, 0.29) is 12.8 Å². The Labute approximate surface area is 165 Å². The summed E-state index contributed by atoms with van der Waals surface area (Å²) in [6.45, 7) is 4.47. The van der Waals surface area contributed by atoms with E-state index in [0.717, 1.165) is 28.8 Å². The highest BCUT2D eigenvalue weighted by Gasteiger charge is 2.33. The van der Waals surface area contributed by atoms with Crippen LogP contribution < -0.4 is 4.90 Å². The average molecular weight is 405 g/mol. The zero-order valence-corrected chi connectivity index (χ0v) is 16.6. The highest BCUT2D eigenvalue weighted by atomic mass is 32.1. The quantitative estimate of drug-likeness (QED) is 0.722. The van der Waals surface area contributed by atoms with E-state index in [1.54, 1.807) is 17.4 Å². The van der Waals surface area contributed by atoms with Crippen LogP contribution in [0.25, 0.3) is 9.75 Å². The van der Waals surface area contributed by atoms with Gasteiger partial charge in [-0.05, 0) is 43.0 Å². The van der Waals surface area contributed by atoms with Crippen molar-refractivity contribution in [2.75, 3.05) is 18.0 Å². The Bertz CT molecular complexity index is 864. The summed E-state index contributed by atoms with van der Waals surface area (Å²) in [5.74, 6) is -0.815. The van der Waals surface area contributed by atoms with E-state index in [2.05, 4.69) is 24.0 Å². The molecule has 0 radical (unpaired) electrons. The second-order valence-electron chi connectivity index (χ2n) is 6.93. The highest BCUT2D eigenvalue weighted by molar-refractivity contribution is 7.24.